The summed E-state index contributed by atoms with van der Waals surface area (Å²) in [6.45, 7) is -0.640. The molecule has 0 saturated heterocycles. The Labute approximate surface area is 174 Å². The maximum Gasteiger partial charge on any atom is 0.322 e. The predicted octanol–water partition coefficient (Wildman–Crippen LogP) is 2.89. The lowest BCUT2D eigenvalue weighted by Crippen LogP contribution is -2.29. The Morgan fingerprint density at radius 2 is 1.66 bits per heavy atom. The molecule has 1 aromatic heterocycles. The van der Waals surface area contributed by atoms with Crippen molar-refractivity contribution in [2.45, 2.75) is 9.79 Å². The van der Waals surface area contributed by atoms with Gasteiger partial charge in [-0.25, -0.2) is 13.4 Å². The summed E-state index contributed by atoms with van der Waals surface area (Å²) in [6.07, 6.45) is 0. The first kappa shape index (κ1) is 20.8. The van der Waals surface area contributed by atoms with Crippen LogP contribution in [-0.4, -0.2) is 42.0 Å². The predicted molar refractivity (Wildman–Crippen MR) is 105 cm³/mol. The van der Waals surface area contributed by atoms with Gasteiger partial charge < -0.3 is 15.5 Å². The van der Waals surface area contributed by atoms with Gasteiger partial charge in [0.25, 0.3) is 5.91 Å². The van der Waals surface area contributed by atoms with E-state index in [2.05, 4.69) is 10.3 Å². The minimum absolute atomic E-state index is 0.0619. The molecule has 1 heterocycles. The third-order valence-corrected chi connectivity index (χ3v) is 6.38. The van der Waals surface area contributed by atoms with Gasteiger partial charge in [0.2, 0.25) is 9.84 Å². The van der Waals surface area contributed by atoms with Crippen LogP contribution in [0.1, 0.15) is 10.5 Å². The number of carbonyl (C=O) groups is 2. The van der Waals surface area contributed by atoms with Crippen LogP contribution in [0.3, 0.4) is 0 Å². The number of benzene rings is 2. The number of aliphatic carboxylic acids is 1. The summed E-state index contributed by atoms with van der Waals surface area (Å²) in [7, 11) is -3.92. The molecule has 0 spiro atoms. The molecule has 0 unspecified atom stereocenters. The molecule has 2 aromatic carbocycles. The molecule has 0 aliphatic rings. The van der Waals surface area contributed by atoms with Crippen LogP contribution in [0.2, 0.25) is 10.0 Å². The Bertz CT molecular complexity index is 1260. The molecule has 0 saturated carbocycles. The summed E-state index contributed by atoms with van der Waals surface area (Å²) >= 11 is 11.7. The number of hydrogen-bond acceptors (Lipinski definition) is 6. The van der Waals surface area contributed by atoms with Gasteiger partial charge in [-0.15, -0.1) is 0 Å². The maximum absolute atomic E-state index is 12.8. The molecule has 150 valence electrons. The van der Waals surface area contributed by atoms with Crippen LogP contribution >= 0.6 is 23.2 Å². The highest BCUT2D eigenvalue weighted by Crippen LogP contribution is 2.30. The van der Waals surface area contributed by atoms with Gasteiger partial charge >= 0.3 is 5.97 Å². The van der Waals surface area contributed by atoms with Crippen LogP contribution < -0.4 is 5.32 Å². The minimum Gasteiger partial charge on any atom is -0.505 e. The van der Waals surface area contributed by atoms with Gasteiger partial charge in [-0.05, 0) is 42.5 Å². The summed E-state index contributed by atoms with van der Waals surface area (Å²) in [5.41, 5.74) is -0.143. The number of hydrogen-bond donors (Lipinski definition) is 3. The second-order valence-corrected chi connectivity index (χ2v) is 8.63. The lowest BCUT2D eigenvalue weighted by Gasteiger charge is -2.09. The van der Waals surface area contributed by atoms with Crippen molar-refractivity contribution in [1.29, 1.82) is 0 Å². The third-order valence-electron chi connectivity index (χ3n) is 3.89. The van der Waals surface area contributed by atoms with Crippen LogP contribution in [0.15, 0.2) is 52.3 Å². The zero-order chi connectivity index (χ0) is 21.3. The fourth-order valence-electron chi connectivity index (χ4n) is 2.50. The number of nitrogens with zero attached hydrogens (tertiary/aromatic N) is 1. The molecule has 11 heteroatoms. The van der Waals surface area contributed by atoms with Gasteiger partial charge in [0, 0.05) is 5.39 Å². The van der Waals surface area contributed by atoms with Crippen molar-refractivity contribution >= 4 is 55.8 Å². The topological polar surface area (TPSA) is 134 Å². The number of amides is 1. The van der Waals surface area contributed by atoms with Crippen molar-refractivity contribution in [3.05, 3.63) is 58.2 Å². The van der Waals surface area contributed by atoms with Gasteiger partial charge in [0.05, 0.1) is 25.4 Å². The second kappa shape index (κ2) is 7.86. The van der Waals surface area contributed by atoms with Crippen LogP contribution in [0, 0.1) is 0 Å². The van der Waals surface area contributed by atoms with E-state index < -0.39 is 34.0 Å². The molecule has 0 fully saturated rings. The molecular formula is C18H12Cl2N2O6S. The zero-order valence-electron chi connectivity index (χ0n) is 14.4. The van der Waals surface area contributed by atoms with Crippen molar-refractivity contribution in [1.82, 2.24) is 10.3 Å². The molecule has 0 atom stereocenters. The van der Waals surface area contributed by atoms with E-state index in [1.54, 1.807) is 0 Å². The summed E-state index contributed by atoms with van der Waals surface area (Å²) in [5.74, 6) is -2.65. The number of carbonyl (C=O) groups excluding carboxylic acids is 1. The van der Waals surface area contributed by atoms with Gasteiger partial charge in [0.1, 0.15) is 12.3 Å². The first-order valence-corrected chi connectivity index (χ1v) is 10.2. The summed E-state index contributed by atoms with van der Waals surface area (Å²) in [5, 5.41) is 21.3. The smallest absolute Gasteiger partial charge is 0.322 e. The lowest BCUT2D eigenvalue weighted by molar-refractivity contribution is -0.135. The normalized spacial score (nSPS) is 11.4. The number of nitrogens with one attached hydrogen (secondary N) is 1. The number of rotatable bonds is 5. The van der Waals surface area contributed by atoms with E-state index in [1.165, 1.54) is 42.5 Å². The van der Waals surface area contributed by atoms with Crippen molar-refractivity contribution in [2.24, 2.45) is 0 Å². The first-order valence-electron chi connectivity index (χ1n) is 7.93. The Morgan fingerprint density at radius 1 is 1.00 bits per heavy atom. The number of aromatic hydroxyl groups is 1. The zero-order valence-corrected chi connectivity index (χ0v) is 16.7. The van der Waals surface area contributed by atoms with Crippen molar-refractivity contribution in [2.75, 3.05) is 6.54 Å². The van der Waals surface area contributed by atoms with E-state index in [1.807, 2.05) is 0 Å². The first-order chi connectivity index (χ1) is 13.6. The van der Waals surface area contributed by atoms with Gasteiger partial charge in [-0.3, -0.25) is 9.59 Å². The second-order valence-electron chi connectivity index (χ2n) is 5.87. The standard InChI is InChI=1S/C18H12Cl2N2O6S/c19-12-3-1-11(7-13(12)20)29(27,28)10-2-4-14-9(5-10)6-15(23)17(22-14)18(26)21-8-16(24)25/h1-7,23H,8H2,(H,21,26)(H,24,25). The summed E-state index contributed by atoms with van der Waals surface area (Å²) < 4.78 is 25.7. The molecule has 3 aromatic rings. The molecule has 0 radical (unpaired) electrons. The third kappa shape index (κ3) is 4.26. The monoisotopic (exact) mass is 454 g/mol. The summed E-state index contributed by atoms with van der Waals surface area (Å²) in [6, 6.07) is 9.04. The molecule has 3 rings (SSSR count). The number of aromatic nitrogens is 1. The highest BCUT2D eigenvalue weighted by molar-refractivity contribution is 7.91. The summed E-state index contributed by atoms with van der Waals surface area (Å²) in [4.78, 5) is 26.4. The largest absolute Gasteiger partial charge is 0.505 e. The molecule has 1 amide bonds. The Morgan fingerprint density at radius 3 is 2.31 bits per heavy atom. The number of carboxylic acid groups (broad SMARTS) is 1. The van der Waals surface area contributed by atoms with E-state index in [4.69, 9.17) is 28.3 Å². The number of pyridine rings is 1. The molecular weight excluding hydrogens is 443 g/mol. The number of halogens is 2. The lowest BCUT2D eigenvalue weighted by atomic mass is 10.2. The Hall–Kier alpha value is -2.88. The van der Waals surface area contributed by atoms with Crippen molar-refractivity contribution in [3.63, 3.8) is 0 Å². The van der Waals surface area contributed by atoms with E-state index in [9.17, 15) is 23.1 Å². The SMILES string of the molecule is O=C(O)CNC(=O)c1nc2ccc(S(=O)(=O)c3ccc(Cl)c(Cl)c3)cc2cc1O. The van der Waals surface area contributed by atoms with E-state index >= 15 is 0 Å². The number of fused-ring (bicyclic) bond motifs is 1. The maximum atomic E-state index is 12.8. The van der Waals surface area contributed by atoms with Crippen LogP contribution in [0.5, 0.6) is 5.75 Å². The molecule has 8 nitrogen and oxygen atoms in total. The Kier molecular flexibility index (Phi) is 5.65. The molecule has 0 aliphatic heterocycles. The number of carboxylic acids is 1. The molecule has 3 N–H and O–H groups in total. The highest BCUT2D eigenvalue weighted by atomic mass is 35.5. The van der Waals surface area contributed by atoms with Crippen molar-refractivity contribution < 1.29 is 28.2 Å². The van der Waals surface area contributed by atoms with Crippen LogP contribution in [0.25, 0.3) is 10.9 Å². The average molecular weight is 455 g/mol. The van der Waals surface area contributed by atoms with Crippen LogP contribution in [-0.2, 0) is 14.6 Å². The van der Waals surface area contributed by atoms with Gasteiger partial charge in [0.15, 0.2) is 5.69 Å². The van der Waals surface area contributed by atoms with Gasteiger partial charge in [-0.2, -0.15) is 0 Å². The molecule has 0 aliphatic carbocycles. The highest BCUT2D eigenvalue weighted by Gasteiger charge is 2.21. The Balaban J connectivity index is 2.02. The van der Waals surface area contributed by atoms with Gasteiger partial charge in [-0.1, -0.05) is 23.2 Å². The van der Waals surface area contributed by atoms with Crippen LogP contribution in [0.4, 0.5) is 0 Å². The minimum atomic E-state index is -3.92. The number of sulfone groups is 1. The van der Waals surface area contributed by atoms with E-state index in [-0.39, 0.29) is 36.4 Å². The average Bonchev–Trinajstić information content (AvgIpc) is 2.67. The van der Waals surface area contributed by atoms with E-state index in [0.29, 0.717) is 0 Å². The van der Waals surface area contributed by atoms with E-state index in [0.717, 1.165) is 0 Å². The fraction of sp³-hybridized carbons (Fsp3) is 0.0556. The van der Waals surface area contributed by atoms with Crippen molar-refractivity contribution in [3.8, 4) is 5.75 Å². The fourth-order valence-corrected chi connectivity index (χ4v) is 4.18. The molecule has 29 heavy (non-hydrogen) atoms. The molecule has 0 bridgehead atoms. The quantitative estimate of drug-likeness (QED) is 0.539.